The lowest BCUT2D eigenvalue weighted by molar-refractivity contribution is 0.106. The Hall–Kier alpha value is -1.49. The van der Waals surface area contributed by atoms with Gasteiger partial charge < -0.3 is 4.74 Å². The van der Waals surface area contributed by atoms with E-state index < -0.39 is 0 Å². The second kappa shape index (κ2) is 6.61. The van der Waals surface area contributed by atoms with Gasteiger partial charge in [-0.1, -0.05) is 18.2 Å². The topological polar surface area (TPSA) is 60.2 Å². The van der Waals surface area contributed by atoms with Gasteiger partial charge in [-0.15, -0.1) is 0 Å². The zero-order valence-corrected chi connectivity index (χ0v) is 11.5. The van der Waals surface area contributed by atoms with E-state index in [9.17, 15) is 0 Å². The Morgan fingerprint density at radius 2 is 2.16 bits per heavy atom. The molecule has 2 aromatic rings. The molecule has 0 saturated carbocycles. The summed E-state index contributed by atoms with van der Waals surface area (Å²) in [4.78, 5) is 4.38. The Morgan fingerprint density at radius 1 is 1.32 bits per heavy atom. The van der Waals surface area contributed by atoms with E-state index in [-0.39, 0.29) is 12.1 Å². The number of nitrogens with one attached hydrogen (secondary N) is 1. The fraction of sp³-hybridized carbons (Fsp3) is 0.400. The highest BCUT2D eigenvalue weighted by Gasteiger charge is 2.12. The Kier molecular flexibility index (Phi) is 4.85. The van der Waals surface area contributed by atoms with Gasteiger partial charge in [-0.2, -0.15) is 0 Å². The number of fused-ring (bicyclic) bond motifs is 1. The van der Waals surface area contributed by atoms with Crippen LogP contribution in [0.25, 0.3) is 10.9 Å². The first kappa shape index (κ1) is 13.9. The maximum absolute atomic E-state index is 5.67. The minimum Gasteiger partial charge on any atom is -0.382 e. The largest absolute Gasteiger partial charge is 0.382 e. The van der Waals surface area contributed by atoms with Gasteiger partial charge in [0.15, 0.2) is 0 Å². The normalized spacial score (nSPS) is 14.5. The number of hydrogen-bond donors (Lipinski definition) is 2. The van der Waals surface area contributed by atoms with E-state index in [1.54, 1.807) is 7.11 Å². The highest BCUT2D eigenvalue weighted by atomic mass is 16.5. The highest BCUT2D eigenvalue weighted by Crippen LogP contribution is 2.22. The van der Waals surface area contributed by atoms with Crippen LogP contribution >= 0.6 is 0 Å². The summed E-state index contributed by atoms with van der Waals surface area (Å²) >= 11 is 0. The summed E-state index contributed by atoms with van der Waals surface area (Å²) in [6, 6.07) is 10.4. The molecular formula is C15H21N3O. The second-order valence-corrected chi connectivity index (χ2v) is 4.80. The molecule has 19 heavy (non-hydrogen) atoms. The summed E-state index contributed by atoms with van der Waals surface area (Å²) < 4.78 is 5.27. The number of nitrogens with two attached hydrogens (primary N) is 1. The van der Waals surface area contributed by atoms with Crippen molar-refractivity contribution in [2.75, 3.05) is 7.11 Å². The smallest absolute Gasteiger partial charge is 0.0705 e. The molecule has 0 amide bonds. The van der Waals surface area contributed by atoms with E-state index in [4.69, 9.17) is 10.6 Å². The van der Waals surface area contributed by atoms with Crippen LogP contribution in [0.2, 0.25) is 0 Å². The summed E-state index contributed by atoms with van der Waals surface area (Å²) in [5.41, 5.74) is 5.04. The third kappa shape index (κ3) is 3.50. The first-order valence-electron chi connectivity index (χ1n) is 6.58. The van der Waals surface area contributed by atoms with Crippen molar-refractivity contribution in [1.29, 1.82) is 0 Å². The molecule has 0 aliphatic rings. The van der Waals surface area contributed by atoms with Gasteiger partial charge in [-0.05, 0) is 37.5 Å². The lowest BCUT2D eigenvalue weighted by Crippen LogP contribution is -2.28. The molecule has 0 radical (unpaired) electrons. The molecule has 102 valence electrons. The van der Waals surface area contributed by atoms with Crippen LogP contribution in [0.3, 0.4) is 0 Å². The summed E-state index contributed by atoms with van der Waals surface area (Å²) in [5, 5.41) is 1.15. The molecule has 0 aliphatic heterocycles. The molecule has 0 saturated heterocycles. The van der Waals surface area contributed by atoms with Crippen LogP contribution in [0.5, 0.6) is 0 Å². The van der Waals surface area contributed by atoms with Crippen LogP contribution in [0.4, 0.5) is 0 Å². The molecule has 2 atom stereocenters. The molecule has 2 unspecified atom stereocenters. The van der Waals surface area contributed by atoms with Crippen LogP contribution in [-0.4, -0.2) is 18.2 Å². The van der Waals surface area contributed by atoms with Crippen LogP contribution in [0.1, 0.15) is 31.4 Å². The summed E-state index contributed by atoms with van der Waals surface area (Å²) in [7, 11) is 1.73. The average Bonchev–Trinajstić information content (AvgIpc) is 2.47. The first-order chi connectivity index (χ1) is 9.24. The van der Waals surface area contributed by atoms with Gasteiger partial charge in [0, 0.05) is 24.7 Å². The summed E-state index contributed by atoms with van der Waals surface area (Å²) in [6.07, 6.45) is 3.95. The van der Waals surface area contributed by atoms with Crippen molar-refractivity contribution >= 4 is 10.9 Å². The maximum Gasteiger partial charge on any atom is 0.0705 e. The predicted octanol–water partition coefficient (Wildman–Crippen LogP) is 2.55. The Balaban J connectivity index is 2.15. The predicted molar refractivity (Wildman–Crippen MR) is 77.5 cm³/mol. The van der Waals surface area contributed by atoms with Gasteiger partial charge in [0.25, 0.3) is 0 Å². The minimum atomic E-state index is 0.129. The molecule has 1 heterocycles. The highest BCUT2D eigenvalue weighted by molar-refractivity contribution is 5.78. The van der Waals surface area contributed by atoms with Gasteiger partial charge in [0.2, 0.25) is 0 Å². The lowest BCUT2D eigenvalue weighted by atomic mass is 9.99. The monoisotopic (exact) mass is 259 g/mol. The Morgan fingerprint density at radius 3 is 2.89 bits per heavy atom. The number of hydrogen-bond acceptors (Lipinski definition) is 4. The summed E-state index contributed by atoms with van der Waals surface area (Å²) in [5.74, 6) is 5.67. The molecule has 3 N–H and O–H groups in total. The molecule has 0 aliphatic carbocycles. The zero-order valence-electron chi connectivity index (χ0n) is 11.5. The van der Waals surface area contributed by atoms with E-state index in [2.05, 4.69) is 41.6 Å². The van der Waals surface area contributed by atoms with E-state index in [0.29, 0.717) is 0 Å². The van der Waals surface area contributed by atoms with Crippen molar-refractivity contribution in [1.82, 2.24) is 10.4 Å². The van der Waals surface area contributed by atoms with Crippen molar-refractivity contribution in [3.8, 4) is 0 Å². The molecule has 1 aromatic carbocycles. The second-order valence-electron chi connectivity index (χ2n) is 4.80. The van der Waals surface area contributed by atoms with Crippen LogP contribution in [0.15, 0.2) is 36.5 Å². The number of hydrazine groups is 1. The van der Waals surface area contributed by atoms with E-state index in [1.807, 2.05) is 12.3 Å². The van der Waals surface area contributed by atoms with Gasteiger partial charge >= 0.3 is 0 Å². The average molecular weight is 259 g/mol. The lowest BCUT2D eigenvalue weighted by Gasteiger charge is -2.18. The van der Waals surface area contributed by atoms with Gasteiger partial charge in [-0.25, -0.2) is 0 Å². The van der Waals surface area contributed by atoms with Crippen molar-refractivity contribution in [3.63, 3.8) is 0 Å². The SMILES string of the molecule is COC(C)CCC(NN)c1ccc2cccnc2c1. The standard InChI is InChI=1S/C15H21N3O/c1-11(19-2)5-8-14(18-16)13-7-6-12-4-3-9-17-15(12)10-13/h3-4,6-7,9-11,14,18H,5,8,16H2,1-2H3. The number of aromatic nitrogens is 1. The first-order valence-corrected chi connectivity index (χ1v) is 6.58. The van der Waals surface area contributed by atoms with Crippen molar-refractivity contribution < 1.29 is 4.74 Å². The van der Waals surface area contributed by atoms with Gasteiger partial charge in [0.1, 0.15) is 0 Å². The molecule has 2 rings (SSSR count). The molecule has 0 bridgehead atoms. The van der Waals surface area contributed by atoms with Crippen LogP contribution in [-0.2, 0) is 4.74 Å². The quantitative estimate of drug-likeness (QED) is 0.618. The van der Waals surface area contributed by atoms with Crippen LogP contribution < -0.4 is 11.3 Å². The third-order valence-corrected chi connectivity index (χ3v) is 3.50. The minimum absolute atomic E-state index is 0.129. The number of pyridine rings is 1. The zero-order chi connectivity index (χ0) is 13.7. The molecule has 1 aromatic heterocycles. The molecule has 4 nitrogen and oxygen atoms in total. The third-order valence-electron chi connectivity index (χ3n) is 3.50. The molecule has 4 heteroatoms. The summed E-state index contributed by atoms with van der Waals surface area (Å²) in [6.45, 7) is 2.07. The van der Waals surface area contributed by atoms with Crippen molar-refractivity contribution in [3.05, 3.63) is 42.1 Å². The maximum atomic E-state index is 5.67. The number of nitrogens with zero attached hydrogens (tertiary/aromatic N) is 1. The Bertz CT molecular complexity index is 530. The van der Waals surface area contributed by atoms with Crippen molar-refractivity contribution in [2.24, 2.45) is 5.84 Å². The van der Waals surface area contributed by atoms with Crippen LogP contribution in [0, 0.1) is 0 Å². The van der Waals surface area contributed by atoms with E-state index >= 15 is 0 Å². The van der Waals surface area contributed by atoms with Crippen molar-refractivity contribution in [2.45, 2.75) is 31.9 Å². The number of benzene rings is 1. The van der Waals surface area contributed by atoms with Gasteiger partial charge in [0.05, 0.1) is 11.6 Å². The molecule has 0 fully saturated rings. The number of methoxy groups -OCH3 is 1. The molecule has 0 spiro atoms. The fourth-order valence-corrected chi connectivity index (χ4v) is 2.17. The van der Waals surface area contributed by atoms with Gasteiger partial charge in [-0.3, -0.25) is 16.3 Å². The van der Waals surface area contributed by atoms with E-state index in [0.717, 1.165) is 29.3 Å². The number of rotatable bonds is 6. The Labute approximate surface area is 113 Å². The van der Waals surface area contributed by atoms with E-state index in [1.165, 1.54) is 0 Å². The molecular weight excluding hydrogens is 238 g/mol. The number of ether oxygens (including phenoxy) is 1. The fourth-order valence-electron chi connectivity index (χ4n) is 2.17.